The Balaban J connectivity index is 2.03. The number of anilines is 1. The van der Waals surface area contributed by atoms with E-state index in [1.165, 1.54) is 13.2 Å². The van der Waals surface area contributed by atoms with E-state index in [1.54, 1.807) is 6.07 Å². The summed E-state index contributed by atoms with van der Waals surface area (Å²) in [5.74, 6) is -0.0268. The van der Waals surface area contributed by atoms with Crippen LogP contribution in [0.5, 0.6) is 0 Å². The summed E-state index contributed by atoms with van der Waals surface area (Å²) in [5, 5.41) is 0.676. The molecule has 0 unspecified atom stereocenters. The van der Waals surface area contributed by atoms with Crippen LogP contribution in [-0.2, 0) is 9.16 Å². The Bertz CT molecular complexity index is 722. The molecule has 0 amide bonds. The molecule has 1 aromatic rings. The summed E-state index contributed by atoms with van der Waals surface area (Å²) < 4.78 is 11.1. The number of ether oxygens (including phenoxy) is 1. The smallest absolute Gasteiger partial charge is 0.338 e. The zero-order valence-electron chi connectivity index (χ0n) is 17.8. The summed E-state index contributed by atoms with van der Waals surface area (Å²) >= 11 is 6.42. The van der Waals surface area contributed by atoms with Crippen LogP contribution in [0.2, 0.25) is 23.2 Å². The Morgan fingerprint density at radius 2 is 1.89 bits per heavy atom. The molecule has 1 fully saturated rings. The molecule has 1 aliphatic heterocycles. The van der Waals surface area contributed by atoms with Crippen molar-refractivity contribution < 1.29 is 18.8 Å². The third-order valence-electron chi connectivity index (χ3n) is 6.09. The number of esters is 1. The van der Waals surface area contributed by atoms with Gasteiger partial charge in [0.25, 0.3) is 0 Å². The molecule has 5 nitrogen and oxygen atoms in total. The quantitative estimate of drug-likeness (QED) is 0.357. The summed E-state index contributed by atoms with van der Waals surface area (Å²) in [6.45, 7) is 13.8. The molecule has 0 saturated carbocycles. The van der Waals surface area contributed by atoms with Crippen LogP contribution >= 0.6 is 11.6 Å². The lowest BCUT2D eigenvalue weighted by Crippen LogP contribution is -2.43. The van der Waals surface area contributed by atoms with Gasteiger partial charge in [0.2, 0.25) is 0 Å². The Morgan fingerprint density at radius 1 is 1.29 bits per heavy atom. The fourth-order valence-electron chi connectivity index (χ4n) is 3.09. The second kappa shape index (κ2) is 8.97. The lowest BCUT2D eigenvalue weighted by Gasteiger charge is -2.39. The molecular formula is C21H32ClNO4Si. The van der Waals surface area contributed by atoms with Gasteiger partial charge < -0.3 is 14.1 Å². The highest BCUT2D eigenvalue weighted by Gasteiger charge is 2.37. The van der Waals surface area contributed by atoms with Crippen LogP contribution in [-0.4, -0.2) is 47.4 Å². The maximum atomic E-state index is 11.8. The number of rotatable bonds is 6. The largest absolute Gasteiger partial charge is 0.465 e. The molecular weight excluding hydrogens is 394 g/mol. The summed E-state index contributed by atoms with van der Waals surface area (Å²) in [6, 6.07) is 3.22. The summed E-state index contributed by atoms with van der Waals surface area (Å²) in [5.41, 5.74) is 1.29. The topological polar surface area (TPSA) is 55.8 Å². The third-order valence-corrected chi connectivity index (χ3v) is 10.9. The number of hydrogen-bond donors (Lipinski definition) is 0. The van der Waals surface area contributed by atoms with Gasteiger partial charge in [-0.25, -0.2) is 4.79 Å². The molecule has 7 heteroatoms. The standard InChI is InChI=1S/C21H32ClNO4Si/c1-21(2,3)28(5,6)27-14-15-7-9-23(10-8-15)19-11-16(13-24)17(12-18(19)22)20(25)26-4/h11-13,15H,7-10,14H2,1-6H3. The van der Waals surface area contributed by atoms with Crippen LogP contribution in [0.15, 0.2) is 12.1 Å². The van der Waals surface area contributed by atoms with E-state index in [2.05, 4.69) is 38.8 Å². The molecule has 0 aliphatic carbocycles. The highest BCUT2D eigenvalue weighted by atomic mass is 35.5. The maximum absolute atomic E-state index is 11.8. The Labute approximate surface area is 174 Å². The van der Waals surface area contributed by atoms with Crippen molar-refractivity contribution in [2.45, 2.75) is 51.7 Å². The van der Waals surface area contributed by atoms with E-state index in [9.17, 15) is 9.59 Å². The number of halogens is 1. The fourth-order valence-corrected chi connectivity index (χ4v) is 4.46. The maximum Gasteiger partial charge on any atom is 0.338 e. The monoisotopic (exact) mass is 425 g/mol. The highest BCUT2D eigenvalue weighted by Crippen LogP contribution is 2.38. The minimum Gasteiger partial charge on any atom is -0.465 e. The number of methoxy groups -OCH3 is 1. The predicted octanol–water partition coefficient (Wildman–Crippen LogP) is 5.18. The molecule has 28 heavy (non-hydrogen) atoms. The second-order valence-electron chi connectivity index (χ2n) is 9.00. The van der Waals surface area contributed by atoms with E-state index in [0.717, 1.165) is 38.2 Å². The van der Waals surface area contributed by atoms with Crippen molar-refractivity contribution >= 4 is 37.9 Å². The number of piperidine rings is 1. The average Bonchev–Trinajstić information content (AvgIpc) is 2.65. The Hall–Kier alpha value is -1.37. The van der Waals surface area contributed by atoms with Gasteiger partial charge in [-0.05, 0) is 49.0 Å². The van der Waals surface area contributed by atoms with Gasteiger partial charge in [-0.2, -0.15) is 0 Å². The Kier molecular flexibility index (Phi) is 7.34. The number of nitrogens with zero attached hydrogens (tertiary/aromatic N) is 1. The van der Waals surface area contributed by atoms with Gasteiger partial charge >= 0.3 is 5.97 Å². The molecule has 1 aliphatic rings. The molecule has 0 radical (unpaired) electrons. The zero-order valence-corrected chi connectivity index (χ0v) is 19.6. The molecule has 0 spiro atoms. The minimum atomic E-state index is -1.73. The van der Waals surface area contributed by atoms with Crippen molar-refractivity contribution in [1.82, 2.24) is 0 Å². The van der Waals surface area contributed by atoms with Crippen molar-refractivity contribution in [2.75, 3.05) is 31.7 Å². The summed E-state index contributed by atoms with van der Waals surface area (Å²) in [6.07, 6.45) is 2.70. The number of benzene rings is 1. The normalized spacial score (nSPS) is 16.2. The number of hydrogen-bond acceptors (Lipinski definition) is 5. The van der Waals surface area contributed by atoms with E-state index in [1.807, 2.05) is 0 Å². The van der Waals surface area contributed by atoms with Crippen LogP contribution in [0.1, 0.15) is 54.3 Å². The lowest BCUT2D eigenvalue weighted by molar-refractivity contribution is 0.0598. The molecule has 156 valence electrons. The first-order valence-electron chi connectivity index (χ1n) is 9.76. The number of aldehydes is 1. The van der Waals surface area contributed by atoms with Crippen molar-refractivity contribution in [3.63, 3.8) is 0 Å². The van der Waals surface area contributed by atoms with E-state index in [-0.39, 0.29) is 10.6 Å². The van der Waals surface area contributed by atoms with Crippen LogP contribution in [0.3, 0.4) is 0 Å². The minimum absolute atomic E-state index is 0.198. The van der Waals surface area contributed by atoms with Crippen LogP contribution in [0, 0.1) is 5.92 Å². The van der Waals surface area contributed by atoms with E-state index in [0.29, 0.717) is 22.8 Å². The van der Waals surface area contributed by atoms with Crippen molar-refractivity contribution in [3.8, 4) is 0 Å². The number of carbonyl (C=O) groups is 2. The average molecular weight is 426 g/mol. The fraction of sp³-hybridized carbons (Fsp3) is 0.619. The van der Waals surface area contributed by atoms with Crippen molar-refractivity contribution in [2.24, 2.45) is 5.92 Å². The molecule has 0 aromatic heterocycles. The molecule has 1 heterocycles. The Morgan fingerprint density at radius 3 is 2.39 bits per heavy atom. The second-order valence-corrected chi connectivity index (χ2v) is 14.2. The first-order valence-corrected chi connectivity index (χ1v) is 13.0. The van der Waals surface area contributed by atoms with Gasteiger partial charge in [0.1, 0.15) is 0 Å². The van der Waals surface area contributed by atoms with Crippen molar-refractivity contribution in [3.05, 3.63) is 28.3 Å². The van der Waals surface area contributed by atoms with Gasteiger partial charge in [-0.3, -0.25) is 4.79 Å². The molecule has 0 bridgehead atoms. The summed E-state index contributed by atoms with van der Waals surface area (Å²) in [7, 11) is -0.442. The molecule has 2 rings (SSSR count). The van der Waals surface area contributed by atoms with E-state index >= 15 is 0 Å². The van der Waals surface area contributed by atoms with E-state index < -0.39 is 14.3 Å². The van der Waals surface area contributed by atoms with Crippen molar-refractivity contribution in [1.29, 1.82) is 0 Å². The SMILES string of the molecule is COC(=O)c1cc(Cl)c(N2CCC(CO[Si](C)(C)C(C)(C)C)CC2)cc1C=O. The van der Waals surface area contributed by atoms with Gasteiger partial charge in [-0.1, -0.05) is 32.4 Å². The zero-order chi connectivity index (χ0) is 21.1. The highest BCUT2D eigenvalue weighted by molar-refractivity contribution is 6.74. The van der Waals surface area contributed by atoms with E-state index in [4.69, 9.17) is 20.8 Å². The van der Waals surface area contributed by atoms with Crippen LogP contribution in [0.25, 0.3) is 0 Å². The molecule has 0 N–H and O–H groups in total. The first-order chi connectivity index (χ1) is 13.0. The summed E-state index contributed by atoms with van der Waals surface area (Å²) in [4.78, 5) is 25.4. The van der Waals surface area contributed by atoms with Gasteiger partial charge in [0.15, 0.2) is 14.6 Å². The predicted molar refractivity (Wildman–Crippen MR) is 116 cm³/mol. The molecule has 1 saturated heterocycles. The lowest BCUT2D eigenvalue weighted by atomic mass is 9.97. The number of carbonyl (C=O) groups excluding carboxylic acids is 2. The molecule has 1 aromatic carbocycles. The van der Waals surface area contributed by atoms with Gasteiger partial charge in [0.05, 0.1) is 23.4 Å². The first kappa shape index (κ1) is 22.9. The van der Waals surface area contributed by atoms with Crippen LogP contribution < -0.4 is 4.90 Å². The van der Waals surface area contributed by atoms with Gasteiger partial charge in [0, 0.05) is 25.3 Å². The third kappa shape index (κ3) is 5.16. The van der Waals surface area contributed by atoms with Gasteiger partial charge in [-0.15, -0.1) is 0 Å². The van der Waals surface area contributed by atoms with Crippen LogP contribution in [0.4, 0.5) is 5.69 Å². The molecule has 0 atom stereocenters.